The lowest BCUT2D eigenvalue weighted by atomic mass is 9.98. The lowest BCUT2D eigenvalue weighted by molar-refractivity contribution is 0.0863. The van der Waals surface area contributed by atoms with Gasteiger partial charge in [-0.2, -0.15) is 0 Å². The fourth-order valence-electron chi connectivity index (χ4n) is 4.12. The van der Waals surface area contributed by atoms with E-state index < -0.39 is 21.8 Å². The van der Waals surface area contributed by atoms with E-state index in [4.69, 9.17) is 0 Å². The van der Waals surface area contributed by atoms with E-state index in [2.05, 4.69) is 31.3 Å². The summed E-state index contributed by atoms with van der Waals surface area (Å²) in [5.74, 6) is -0.488. The molecule has 1 atom stereocenters. The Labute approximate surface area is 197 Å². The highest BCUT2D eigenvalue weighted by Crippen LogP contribution is 2.39. The molecule has 8 heteroatoms. The maximum atomic E-state index is 13.2. The van der Waals surface area contributed by atoms with Crippen LogP contribution in [-0.4, -0.2) is 30.6 Å². The topological polar surface area (TPSA) is 83.6 Å². The zero-order valence-corrected chi connectivity index (χ0v) is 19.9. The molecule has 5 rings (SSSR count). The number of nitrogens with one attached hydrogen (secondary N) is 1. The number of amides is 2. The van der Waals surface area contributed by atoms with Crippen molar-refractivity contribution in [2.24, 2.45) is 0 Å². The van der Waals surface area contributed by atoms with Crippen LogP contribution in [0, 0.1) is 0 Å². The minimum atomic E-state index is -3.92. The van der Waals surface area contributed by atoms with Crippen molar-refractivity contribution in [2.45, 2.75) is 49.6 Å². The molecule has 0 spiro atoms. The van der Waals surface area contributed by atoms with Gasteiger partial charge in [-0.1, -0.05) is 44.2 Å². The van der Waals surface area contributed by atoms with Crippen LogP contribution < -0.4 is 5.32 Å². The molecule has 2 amide bonds. The fourth-order valence-corrected chi connectivity index (χ4v) is 6.76. The van der Waals surface area contributed by atoms with Crippen molar-refractivity contribution in [1.29, 1.82) is 0 Å². The molecule has 1 aliphatic carbocycles. The summed E-state index contributed by atoms with van der Waals surface area (Å²) < 4.78 is 26.9. The molecule has 1 N–H and O–H groups in total. The lowest BCUT2D eigenvalue weighted by Gasteiger charge is -2.19. The summed E-state index contributed by atoms with van der Waals surface area (Å²) in [5, 5.41) is 5.01. The Morgan fingerprint density at radius 1 is 1.06 bits per heavy atom. The third kappa shape index (κ3) is 3.87. The van der Waals surface area contributed by atoms with Crippen LogP contribution in [0.25, 0.3) is 0 Å². The molecule has 2 aliphatic rings. The van der Waals surface area contributed by atoms with Gasteiger partial charge >= 0.3 is 0 Å². The van der Waals surface area contributed by atoms with Crippen molar-refractivity contribution in [2.75, 3.05) is 0 Å². The first-order valence-electron chi connectivity index (χ1n) is 10.9. The average Bonchev–Trinajstić information content (AvgIpc) is 3.42. The van der Waals surface area contributed by atoms with Crippen molar-refractivity contribution in [3.05, 3.63) is 87.1 Å². The van der Waals surface area contributed by atoms with Gasteiger partial charge in [-0.15, -0.1) is 11.3 Å². The molecule has 1 fully saturated rings. The van der Waals surface area contributed by atoms with Gasteiger partial charge < -0.3 is 5.32 Å². The summed E-state index contributed by atoms with van der Waals surface area (Å²) in [7, 11) is -3.92. The van der Waals surface area contributed by atoms with E-state index in [0.29, 0.717) is 18.8 Å². The molecule has 1 aliphatic heterocycles. The summed E-state index contributed by atoms with van der Waals surface area (Å²) in [6.07, 6.45) is 1.37. The van der Waals surface area contributed by atoms with E-state index in [1.807, 2.05) is 29.6 Å². The highest BCUT2D eigenvalue weighted by molar-refractivity contribution is 7.90. The maximum Gasteiger partial charge on any atom is 0.269 e. The number of sulfonamides is 1. The predicted octanol–water partition coefficient (Wildman–Crippen LogP) is 4.70. The summed E-state index contributed by atoms with van der Waals surface area (Å²) in [6, 6.07) is 15.7. The van der Waals surface area contributed by atoms with Crippen LogP contribution >= 0.6 is 11.3 Å². The van der Waals surface area contributed by atoms with E-state index in [1.54, 1.807) is 11.3 Å². The fraction of sp³-hybridized carbons (Fsp3) is 0.280. The standard InChI is InChI=1S/C25H24N2O4S2/c1-15(2)16-5-7-17(8-6-16)23(21-4-3-13-32-21)26-24(28)18-9-12-20-22(14-18)33(30,31)27(25(20)29)19-10-11-19/h3-9,12-15,19,23H,10-11H2,1-2H3,(H,26,28). The predicted molar refractivity (Wildman–Crippen MR) is 127 cm³/mol. The molecule has 3 aromatic rings. The third-order valence-electron chi connectivity index (χ3n) is 6.13. The van der Waals surface area contributed by atoms with Crippen LogP contribution in [0.3, 0.4) is 0 Å². The quantitative estimate of drug-likeness (QED) is 0.554. The SMILES string of the molecule is CC(C)c1ccc(C(NC(=O)c2ccc3c(c2)S(=O)(=O)N(C2CC2)C3=O)c2cccs2)cc1. The number of benzene rings is 2. The number of thiophene rings is 1. The molecule has 0 bridgehead atoms. The monoisotopic (exact) mass is 480 g/mol. The number of hydrogen-bond acceptors (Lipinski definition) is 5. The number of carbonyl (C=O) groups is 2. The molecule has 2 heterocycles. The van der Waals surface area contributed by atoms with Gasteiger partial charge in [0.1, 0.15) is 4.90 Å². The van der Waals surface area contributed by atoms with Gasteiger partial charge in [-0.05, 0) is 59.5 Å². The van der Waals surface area contributed by atoms with E-state index in [-0.39, 0.29) is 28.1 Å². The molecular formula is C25H24N2O4S2. The number of hydrogen-bond donors (Lipinski definition) is 1. The molecule has 170 valence electrons. The zero-order valence-electron chi connectivity index (χ0n) is 18.3. The van der Waals surface area contributed by atoms with Gasteiger partial charge in [0, 0.05) is 16.5 Å². The van der Waals surface area contributed by atoms with Crippen molar-refractivity contribution in [3.63, 3.8) is 0 Å². The Kier molecular flexibility index (Phi) is 5.37. The summed E-state index contributed by atoms with van der Waals surface area (Å²) in [4.78, 5) is 26.7. The normalized spacial score (nSPS) is 17.8. The van der Waals surface area contributed by atoms with Crippen molar-refractivity contribution in [3.8, 4) is 0 Å². The van der Waals surface area contributed by atoms with Crippen molar-refractivity contribution in [1.82, 2.24) is 9.62 Å². The molecule has 0 radical (unpaired) electrons. The number of rotatable bonds is 6. The van der Waals surface area contributed by atoms with Gasteiger partial charge in [0.2, 0.25) is 0 Å². The molecule has 1 unspecified atom stereocenters. The van der Waals surface area contributed by atoms with Crippen LogP contribution in [-0.2, 0) is 10.0 Å². The van der Waals surface area contributed by atoms with Gasteiger partial charge in [0.15, 0.2) is 0 Å². The molecule has 33 heavy (non-hydrogen) atoms. The van der Waals surface area contributed by atoms with Crippen LogP contribution in [0.4, 0.5) is 0 Å². The van der Waals surface area contributed by atoms with E-state index in [9.17, 15) is 18.0 Å². The second kappa shape index (κ2) is 8.11. The van der Waals surface area contributed by atoms with Gasteiger partial charge in [0.25, 0.3) is 21.8 Å². The second-order valence-electron chi connectivity index (χ2n) is 8.79. The number of carbonyl (C=O) groups excluding carboxylic acids is 2. The molecule has 6 nitrogen and oxygen atoms in total. The van der Waals surface area contributed by atoms with Crippen LogP contribution in [0.1, 0.15) is 75.4 Å². The zero-order chi connectivity index (χ0) is 23.3. The Hall–Kier alpha value is -2.97. The summed E-state index contributed by atoms with van der Waals surface area (Å²) in [5.41, 5.74) is 2.50. The first-order valence-corrected chi connectivity index (χ1v) is 13.3. The van der Waals surface area contributed by atoms with Crippen LogP contribution in [0.2, 0.25) is 0 Å². The van der Waals surface area contributed by atoms with Crippen LogP contribution in [0.5, 0.6) is 0 Å². The van der Waals surface area contributed by atoms with Crippen molar-refractivity contribution >= 4 is 33.2 Å². The number of fused-ring (bicyclic) bond motifs is 1. The average molecular weight is 481 g/mol. The first-order chi connectivity index (χ1) is 15.8. The van der Waals surface area contributed by atoms with Gasteiger partial charge in [0.05, 0.1) is 11.6 Å². The molecule has 2 aromatic carbocycles. The third-order valence-corrected chi connectivity index (χ3v) is 8.94. The first kappa shape index (κ1) is 21.9. The van der Waals surface area contributed by atoms with E-state index in [0.717, 1.165) is 14.7 Å². The van der Waals surface area contributed by atoms with Crippen molar-refractivity contribution < 1.29 is 18.0 Å². The Balaban J connectivity index is 1.45. The molecule has 1 saturated carbocycles. The summed E-state index contributed by atoms with van der Waals surface area (Å²) in [6.45, 7) is 4.26. The van der Waals surface area contributed by atoms with E-state index in [1.165, 1.54) is 23.8 Å². The number of nitrogens with zero attached hydrogens (tertiary/aromatic N) is 1. The smallest absolute Gasteiger partial charge is 0.269 e. The summed E-state index contributed by atoms with van der Waals surface area (Å²) >= 11 is 1.54. The molecule has 0 saturated heterocycles. The minimum absolute atomic E-state index is 0.0824. The molecular weight excluding hydrogens is 456 g/mol. The molecule has 1 aromatic heterocycles. The minimum Gasteiger partial charge on any atom is -0.340 e. The largest absolute Gasteiger partial charge is 0.340 e. The Bertz CT molecular complexity index is 1330. The lowest BCUT2D eigenvalue weighted by Crippen LogP contribution is -2.32. The Morgan fingerprint density at radius 3 is 2.36 bits per heavy atom. The Morgan fingerprint density at radius 2 is 1.76 bits per heavy atom. The van der Waals surface area contributed by atoms with Crippen LogP contribution in [0.15, 0.2) is 64.9 Å². The van der Waals surface area contributed by atoms with Gasteiger partial charge in [-0.3, -0.25) is 9.59 Å². The highest BCUT2D eigenvalue weighted by Gasteiger charge is 2.48. The second-order valence-corrected chi connectivity index (χ2v) is 11.6. The van der Waals surface area contributed by atoms with Gasteiger partial charge in [-0.25, -0.2) is 12.7 Å². The van der Waals surface area contributed by atoms with E-state index >= 15 is 0 Å². The maximum absolute atomic E-state index is 13.2. The highest BCUT2D eigenvalue weighted by atomic mass is 32.2.